The van der Waals surface area contributed by atoms with Crippen LogP contribution in [0.25, 0.3) is 44.6 Å². The zero-order valence-electron chi connectivity index (χ0n) is 43.3. The Bertz CT molecular complexity index is 3600. The Kier molecular flexibility index (Phi) is 21.5. The summed E-state index contributed by atoms with van der Waals surface area (Å²) in [5, 5.41) is 57.5. The summed E-state index contributed by atoms with van der Waals surface area (Å²) in [5.74, 6) is -9.66. The summed E-state index contributed by atoms with van der Waals surface area (Å²) < 4.78 is 83.9. The van der Waals surface area contributed by atoms with Crippen LogP contribution in [0.1, 0.15) is 77.9 Å². The van der Waals surface area contributed by atoms with Gasteiger partial charge in [0.2, 0.25) is 17.7 Å². The van der Waals surface area contributed by atoms with Crippen LogP contribution < -0.4 is 31.9 Å². The summed E-state index contributed by atoms with van der Waals surface area (Å²) >= 11 is 0. The van der Waals surface area contributed by atoms with Crippen molar-refractivity contribution in [1.82, 2.24) is 66.9 Å². The number of ketones is 1. The van der Waals surface area contributed by atoms with E-state index >= 15 is 0 Å². The van der Waals surface area contributed by atoms with Crippen molar-refractivity contribution >= 4 is 64.8 Å². The average molecular weight is 1180 g/mol. The van der Waals surface area contributed by atoms with E-state index in [2.05, 4.69) is 46.3 Å². The van der Waals surface area contributed by atoms with Crippen molar-refractivity contribution in [2.75, 3.05) is 39.3 Å². The number of nitrogens with one attached hydrogen (secondary N) is 6. The summed E-state index contributed by atoms with van der Waals surface area (Å²) in [6.07, 6.45) is -6.43. The molecule has 3 aromatic carbocycles. The molecule has 0 spiro atoms. The van der Waals surface area contributed by atoms with Crippen LogP contribution in [0.5, 0.6) is 0 Å². The molecule has 0 aliphatic carbocycles. The minimum Gasteiger partial charge on any atom is -0.480 e. The lowest BCUT2D eigenvalue weighted by molar-refractivity contribution is -0.138. The number of Topliss-reactive ketones (excluding diaryl/α,β-unsaturated/α-hetero) is 1. The highest BCUT2D eigenvalue weighted by molar-refractivity contribution is 6.00. The molecule has 9 N–H and O–H groups in total. The minimum atomic E-state index is -5.03. The number of azide groups is 1. The quantitative estimate of drug-likeness (QED) is 0.0146. The number of alkyl halides is 6. The first-order valence-electron chi connectivity index (χ1n) is 23.9. The van der Waals surface area contributed by atoms with Crippen LogP contribution >= 0.6 is 0 Å². The second-order valence-corrected chi connectivity index (χ2v) is 17.1. The van der Waals surface area contributed by atoms with E-state index < -0.39 is 127 Å². The smallest absolute Gasteiger partial charge is 0.417 e. The van der Waals surface area contributed by atoms with Crippen LogP contribution in [-0.4, -0.2) is 149 Å². The average Bonchev–Trinajstić information content (AvgIpc) is 3.28. The Balaban J connectivity index is 0.000000450. The maximum atomic E-state index is 14.2. The number of carboxylic acid groups (broad SMARTS) is 3. The fraction of sp³-hybridized carbons (Fsp3) is 0.245. The highest BCUT2D eigenvalue weighted by Gasteiger charge is 2.37. The molecule has 0 radical (unpaired) electrons. The molecule has 0 aliphatic rings. The van der Waals surface area contributed by atoms with E-state index in [0.717, 1.165) is 28.9 Å². The number of amides is 6. The van der Waals surface area contributed by atoms with Gasteiger partial charge in [0, 0.05) is 28.1 Å². The molecule has 0 saturated carbocycles. The largest absolute Gasteiger partial charge is 0.480 e. The number of hydrogen-bond donors (Lipinski definition) is 9. The molecule has 6 amide bonds. The number of aryl methyl sites for hydroxylation is 1. The molecule has 0 unspecified atom stereocenters. The third-order valence-electron chi connectivity index (χ3n) is 10.9. The Morgan fingerprint density at radius 1 is 0.548 bits per heavy atom. The number of pyridine rings is 1. The van der Waals surface area contributed by atoms with Crippen molar-refractivity contribution in [3.05, 3.63) is 129 Å². The molecule has 3 aromatic heterocycles. The predicted molar refractivity (Wildman–Crippen MR) is 273 cm³/mol. The van der Waals surface area contributed by atoms with E-state index in [1.807, 2.05) is 28.2 Å². The number of benzene rings is 3. The number of rotatable bonds is 23. The topological polar surface area (TPSA) is 427 Å². The van der Waals surface area contributed by atoms with Gasteiger partial charge >= 0.3 is 30.3 Å². The molecule has 0 saturated heterocycles. The third-order valence-corrected chi connectivity index (χ3v) is 10.9. The summed E-state index contributed by atoms with van der Waals surface area (Å²) in [6, 6.07) is 12.6. The van der Waals surface area contributed by atoms with Gasteiger partial charge < -0.3 is 47.2 Å². The van der Waals surface area contributed by atoms with Crippen molar-refractivity contribution in [2.45, 2.75) is 39.0 Å². The van der Waals surface area contributed by atoms with E-state index in [9.17, 15) is 74.3 Å². The number of halogens is 6. The number of carbonyl (C=O) groups excluding carboxylic acids is 7. The third kappa shape index (κ3) is 18.2. The first-order valence-corrected chi connectivity index (χ1v) is 23.9. The second-order valence-electron chi connectivity index (χ2n) is 17.1. The predicted octanol–water partition coefficient (Wildman–Crippen LogP) is 3.33. The van der Waals surface area contributed by atoms with Gasteiger partial charge in [-0.15, -0.1) is 10.2 Å². The fourth-order valence-electron chi connectivity index (χ4n) is 7.05. The van der Waals surface area contributed by atoms with Crippen LogP contribution in [-0.2, 0) is 41.1 Å². The first kappa shape index (κ1) is 63.7. The first-order chi connectivity index (χ1) is 39.6. The van der Waals surface area contributed by atoms with Gasteiger partial charge in [-0.05, 0) is 85.1 Å². The number of carbonyl (C=O) groups is 10. The molecule has 84 heavy (non-hydrogen) atoms. The summed E-state index contributed by atoms with van der Waals surface area (Å²) in [5.41, 5.74) is 5.49. The molecule has 0 aliphatic heterocycles. The zero-order valence-corrected chi connectivity index (χ0v) is 43.3. The molecule has 6 aromatic rings. The number of aliphatic carboxylic acids is 3. The summed E-state index contributed by atoms with van der Waals surface area (Å²) in [6.45, 7) is -0.497. The number of carboxylic acids is 3. The maximum absolute atomic E-state index is 14.2. The van der Waals surface area contributed by atoms with Gasteiger partial charge in [0.05, 0.1) is 77.0 Å². The highest BCUT2D eigenvalue weighted by Crippen LogP contribution is 2.36. The molecular weight excluding hydrogens is 1130 g/mol. The Labute approximate surface area is 466 Å². The molecule has 0 atom stereocenters. The van der Waals surface area contributed by atoms with Gasteiger partial charge in [-0.25, -0.2) is 14.3 Å². The molecular formula is C49H44F6N16O13. The van der Waals surface area contributed by atoms with Crippen molar-refractivity contribution in [1.29, 1.82) is 0 Å². The number of hydrogen-bond acceptors (Lipinski definition) is 16. The minimum absolute atomic E-state index is 0.0569. The van der Waals surface area contributed by atoms with E-state index in [0.29, 0.717) is 29.8 Å². The van der Waals surface area contributed by atoms with Gasteiger partial charge in [-0.2, -0.15) is 26.3 Å². The van der Waals surface area contributed by atoms with Crippen LogP contribution in [0.3, 0.4) is 0 Å². The SMILES string of the molecule is CCCC(=O)c1cc(-c2cn(-c3ccc(C(=O)NCC(=O)NCC(=O)O)c(C)c3)nn2)nc(-c2cn(-c3ccc(C(=O)NCC(=O)NCC(=O)O)c(C(F)(F)F)c3)nn2)c1.[N-]=[N+]=Nc1ccc(C(=O)NCC(=O)NCC(=O)O)c(C(F)(F)F)c1. The number of aromatic nitrogens is 7. The van der Waals surface area contributed by atoms with Crippen LogP contribution in [0.4, 0.5) is 32.0 Å². The standard InChI is InChI=1S/C37H34F3N11O9.C12H10F3N5O4/c1-3-4-30(52)20-10-26(28-17-50(48-46-28)21-5-7-23(19(2)9-21)35(59)43-13-31(53)41-15-33(55)56)45-27(11-20)29-18-51(49-47-29)22-6-8-24(25(12-22)37(38,39)40)36(60)44-14-32(54)42-16-34(57)58;13-12(14,15)8-3-6(19-20-16)1-2-7(8)11(24)18-4-9(21)17-5-10(22)23/h5-12,17-18H,3-4,13-16H2,1-2H3,(H,41,53)(H,42,54)(H,43,59)(H,44,60)(H,55,56)(H,57,58);1-3H,4-5H2,(H,17,21)(H,18,24)(H,22,23). The van der Waals surface area contributed by atoms with Gasteiger partial charge in [0.1, 0.15) is 31.0 Å². The van der Waals surface area contributed by atoms with Crippen LogP contribution in [0.15, 0.2) is 84.2 Å². The normalized spacial score (nSPS) is 10.9. The van der Waals surface area contributed by atoms with E-state index in [1.165, 1.54) is 35.3 Å². The molecule has 3 heterocycles. The van der Waals surface area contributed by atoms with Gasteiger partial charge in [-0.3, -0.25) is 47.9 Å². The molecule has 29 nitrogen and oxygen atoms in total. The van der Waals surface area contributed by atoms with Gasteiger partial charge in [0.25, 0.3) is 17.7 Å². The second kappa shape index (κ2) is 28.3. The van der Waals surface area contributed by atoms with E-state index in [-0.39, 0.29) is 57.5 Å². The highest BCUT2D eigenvalue weighted by atomic mass is 19.4. The fourth-order valence-corrected chi connectivity index (χ4v) is 7.05. The molecule has 440 valence electrons. The van der Waals surface area contributed by atoms with Crippen LogP contribution in [0, 0.1) is 6.92 Å². The number of nitrogens with zero attached hydrogens (tertiary/aromatic N) is 10. The van der Waals surface area contributed by atoms with Crippen molar-refractivity contribution in [3.63, 3.8) is 0 Å². The zero-order chi connectivity index (χ0) is 62.1. The molecule has 0 bridgehead atoms. The van der Waals surface area contributed by atoms with Crippen molar-refractivity contribution in [2.24, 2.45) is 5.11 Å². The Morgan fingerprint density at radius 2 is 0.952 bits per heavy atom. The monoisotopic (exact) mass is 1180 g/mol. The van der Waals surface area contributed by atoms with Gasteiger partial charge in [0.15, 0.2) is 5.78 Å². The van der Waals surface area contributed by atoms with Crippen LogP contribution in [0.2, 0.25) is 0 Å². The summed E-state index contributed by atoms with van der Waals surface area (Å²) in [7, 11) is 0. The van der Waals surface area contributed by atoms with Crippen molar-refractivity contribution < 1.29 is 89.6 Å². The Hall–Kier alpha value is -11.1. The van der Waals surface area contributed by atoms with Gasteiger partial charge in [-0.1, -0.05) is 28.5 Å². The lowest BCUT2D eigenvalue weighted by atomic mass is 10.0. The van der Waals surface area contributed by atoms with E-state index in [4.69, 9.17) is 20.9 Å². The lowest BCUT2D eigenvalue weighted by Crippen LogP contribution is -2.39. The lowest BCUT2D eigenvalue weighted by Gasteiger charge is -2.14. The molecule has 35 heteroatoms. The van der Waals surface area contributed by atoms with E-state index in [1.54, 1.807) is 19.1 Å². The van der Waals surface area contributed by atoms with Crippen molar-refractivity contribution in [3.8, 4) is 34.2 Å². The molecule has 0 fully saturated rings. The maximum Gasteiger partial charge on any atom is 0.417 e. The summed E-state index contributed by atoms with van der Waals surface area (Å²) in [4.78, 5) is 124. The Morgan fingerprint density at radius 3 is 1.36 bits per heavy atom. The molecule has 6 rings (SSSR count).